The molecule has 2 aromatic carbocycles. The van der Waals surface area contributed by atoms with Gasteiger partial charge in [0, 0.05) is 24.1 Å². The number of halogens is 1. The summed E-state index contributed by atoms with van der Waals surface area (Å²) in [6.07, 6.45) is -0.935. The number of aromatic nitrogens is 2. The molecule has 8 nitrogen and oxygen atoms in total. The molecule has 1 fully saturated rings. The fourth-order valence-corrected chi connectivity index (χ4v) is 4.08. The van der Waals surface area contributed by atoms with Crippen LogP contribution in [0.5, 0.6) is 5.75 Å². The average Bonchev–Trinajstić information content (AvgIpc) is 3.38. The molecule has 4 rings (SSSR count). The maximum atomic E-state index is 14.0. The molecule has 2 atom stereocenters. The van der Waals surface area contributed by atoms with E-state index in [0.29, 0.717) is 22.8 Å². The van der Waals surface area contributed by atoms with Gasteiger partial charge in [-0.15, -0.1) is 0 Å². The summed E-state index contributed by atoms with van der Waals surface area (Å²) in [6.45, 7) is 1.82. The lowest BCUT2D eigenvalue weighted by atomic mass is 10.1. The largest absolute Gasteiger partial charge is 0.496 e. The molecule has 1 aliphatic rings. The molecule has 2 heterocycles. The first-order valence-corrected chi connectivity index (χ1v) is 10.6. The van der Waals surface area contributed by atoms with Gasteiger partial charge in [0.1, 0.15) is 17.6 Å². The standard InChI is InChI=1S/C24H25FN4O4/c1-14-22(17-8-4-6-10-20(17)33-2)27-28-23(14)26-24(32)19-12-16(30)13-29(19)21(31)11-15-7-3-5-9-18(15)25/h3-10,16,19,30H,11-13H2,1-2H3,(H2,26,27,28,32). The Morgan fingerprint density at radius 3 is 2.73 bits per heavy atom. The van der Waals surface area contributed by atoms with Crippen LogP contribution in [-0.2, 0) is 16.0 Å². The lowest BCUT2D eigenvalue weighted by Crippen LogP contribution is -2.44. The number of methoxy groups -OCH3 is 1. The number of hydrogen-bond acceptors (Lipinski definition) is 5. The van der Waals surface area contributed by atoms with Crippen LogP contribution in [0.25, 0.3) is 11.3 Å². The van der Waals surface area contributed by atoms with Gasteiger partial charge < -0.3 is 20.1 Å². The molecule has 9 heteroatoms. The van der Waals surface area contributed by atoms with E-state index in [0.717, 1.165) is 5.56 Å². The number of hydrogen-bond donors (Lipinski definition) is 3. The monoisotopic (exact) mass is 452 g/mol. The lowest BCUT2D eigenvalue weighted by Gasteiger charge is -2.23. The van der Waals surface area contributed by atoms with E-state index in [1.165, 1.54) is 17.0 Å². The zero-order valence-electron chi connectivity index (χ0n) is 18.3. The second-order valence-electron chi connectivity index (χ2n) is 7.98. The predicted octanol–water partition coefficient (Wildman–Crippen LogP) is 2.68. The van der Waals surface area contributed by atoms with E-state index in [-0.39, 0.29) is 24.9 Å². The van der Waals surface area contributed by atoms with Crippen molar-refractivity contribution in [2.24, 2.45) is 0 Å². The highest BCUT2D eigenvalue weighted by molar-refractivity contribution is 5.98. The number of aliphatic hydroxyl groups excluding tert-OH is 1. The van der Waals surface area contributed by atoms with Crippen LogP contribution in [0.15, 0.2) is 48.5 Å². The van der Waals surface area contributed by atoms with Crippen molar-refractivity contribution < 1.29 is 23.8 Å². The zero-order valence-corrected chi connectivity index (χ0v) is 18.3. The van der Waals surface area contributed by atoms with Crippen LogP contribution in [0.1, 0.15) is 17.5 Å². The summed E-state index contributed by atoms with van der Waals surface area (Å²) in [7, 11) is 1.57. The minimum absolute atomic E-state index is 0.0113. The Labute approximate surface area is 190 Å². The van der Waals surface area contributed by atoms with Crippen molar-refractivity contribution in [2.45, 2.75) is 31.9 Å². The van der Waals surface area contributed by atoms with Gasteiger partial charge in [0.2, 0.25) is 11.8 Å². The number of aromatic amines is 1. The predicted molar refractivity (Wildman–Crippen MR) is 120 cm³/mol. The van der Waals surface area contributed by atoms with Crippen LogP contribution in [0.2, 0.25) is 0 Å². The molecular formula is C24H25FN4O4. The number of carbonyl (C=O) groups is 2. The molecule has 0 aliphatic carbocycles. The first kappa shape index (κ1) is 22.5. The Hall–Kier alpha value is -3.72. The van der Waals surface area contributed by atoms with Crippen molar-refractivity contribution in [3.8, 4) is 17.0 Å². The topological polar surface area (TPSA) is 108 Å². The summed E-state index contributed by atoms with van der Waals surface area (Å²) in [5.41, 5.74) is 2.44. The van der Waals surface area contributed by atoms with Gasteiger partial charge in [0.05, 0.1) is 25.3 Å². The van der Waals surface area contributed by atoms with Gasteiger partial charge in [0.15, 0.2) is 5.82 Å². The number of H-pyrrole nitrogens is 1. The number of amides is 2. The summed E-state index contributed by atoms with van der Waals surface area (Å²) in [5, 5.41) is 20.0. The molecule has 33 heavy (non-hydrogen) atoms. The van der Waals surface area contributed by atoms with Gasteiger partial charge in [0.25, 0.3) is 0 Å². The van der Waals surface area contributed by atoms with E-state index < -0.39 is 29.8 Å². The van der Waals surface area contributed by atoms with Gasteiger partial charge >= 0.3 is 0 Å². The first-order valence-electron chi connectivity index (χ1n) is 10.6. The van der Waals surface area contributed by atoms with Crippen molar-refractivity contribution in [3.05, 3.63) is 65.5 Å². The Bertz CT molecular complexity index is 1180. The smallest absolute Gasteiger partial charge is 0.248 e. The summed E-state index contributed by atoms with van der Waals surface area (Å²) in [6, 6.07) is 12.6. The lowest BCUT2D eigenvalue weighted by molar-refractivity contribution is -0.136. The number of nitrogens with zero attached hydrogens (tertiary/aromatic N) is 2. The highest BCUT2D eigenvalue weighted by atomic mass is 19.1. The average molecular weight is 452 g/mol. The number of nitrogens with one attached hydrogen (secondary N) is 2. The van der Waals surface area contributed by atoms with Gasteiger partial charge in [-0.25, -0.2) is 4.39 Å². The number of para-hydroxylation sites is 1. The molecule has 1 aromatic heterocycles. The maximum Gasteiger partial charge on any atom is 0.248 e. The Morgan fingerprint density at radius 2 is 1.97 bits per heavy atom. The highest BCUT2D eigenvalue weighted by Gasteiger charge is 2.39. The number of rotatable bonds is 6. The Morgan fingerprint density at radius 1 is 1.24 bits per heavy atom. The third-order valence-electron chi connectivity index (χ3n) is 5.83. The van der Waals surface area contributed by atoms with Crippen molar-refractivity contribution in [1.29, 1.82) is 0 Å². The molecule has 3 aromatic rings. The van der Waals surface area contributed by atoms with Gasteiger partial charge in [-0.2, -0.15) is 5.10 Å². The second kappa shape index (κ2) is 9.41. The minimum atomic E-state index is -0.884. The van der Waals surface area contributed by atoms with E-state index in [2.05, 4.69) is 15.5 Å². The number of ether oxygens (including phenoxy) is 1. The van der Waals surface area contributed by atoms with Crippen molar-refractivity contribution >= 4 is 17.6 Å². The number of benzene rings is 2. The summed E-state index contributed by atoms with van der Waals surface area (Å²) in [4.78, 5) is 27.2. The molecule has 0 radical (unpaired) electrons. The van der Waals surface area contributed by atoms with Crippen molar-refractivity contribution in [1.82, 2.24) is 15.1 Å². The van der Waals surface area contributed by atoms with Gasteiger partial charge in [-0.3, -0.25) is 14.7 Å². The third-order valence-corrected chi connectivity index (χ3v) is 5.83. The van der Waals surface area contributed by atoms with Crippen LogP contribution in [0.4, 0.5) is 10.2 Å². The Balaban J connectivity index is 1.51. The molecule has 3 N–H and O–H groups in total. The minimum Gasteiger partial charge on any atom is -0.496 e. The molecule has 172 valence electrons. The number of anilines is 1. The van der Waals surface area contributed by atoms with Crippen LogP contribution < -0.4 is 10.1 Å². The van der Waals surface area contributed by atoms with Gasteiger partial charge in [-0.1, -0.05) is 30.3 Å². The van der Waals surface area contributed by atoms with Crippen molar-refractivity contribution in [2.75, 3.05) is 19.0 Å². The van der Waals surface area contributed by atoms with E-state index >= 15 is 0 Å². The molecule has 2 amide bonds. The van der Waals surface area contributed by atoms with Crippen LogP contribution >= 0.6 is 0 Å². The second-order valence-corrected chi connectivity index (χ2v) is 7.98. The van der Waals surface area contributed by atoms with Crippen LogP contribution in [0, 0.1) is 12.7 Å². The molecule has 0 saturated carbocycles. The van der Waals surface area contributed by atoms with Crippen LogP contribution in [-0.4, -0.2) is 57.8 Å². The molecular weight excluding hydrogens is 427 g/mol. The normalized spacial score (nSPS) is 17.8. The Kier molecular flexibility index (Phi) is 6.41. The fraction of sp³-hybridized carbons (Fsp3) is 0.292. The SMILES string of the molecule is COc1ccccc1-c1[nH]nc(NC(=O)C2CC(O)CN2C(=O)Cc2ccccc2F)c1C. The zero-order chi connectivity index (χ0) is 23.5. The number of carbonyl (C=O) groups excluding carboxylic acids is 2. The number of β-amino-alcohol motifs (C(OH)–C–C–N with tert-alkyl or cyclic N) is 1. The summed E-state index contributed by atoms with van der Waals surface area (Å²) in [5.74, 6) is -0.391. The first-order chi connectivity index (χ1) is 15.9. The van der Waals surface area contributed by atoms with Crippen molar-refractivity contribution in [3.63, 3.8) is 0 Å². The number of likely N-dealkylation sites (tertiary alicyclic amines) is 1. The highest BCUT2D eigenvalue weighted by Crippen LogP contribution is 2.33. The molecule has 0 bridgehead atoms. The fourth-order valence-electron chi connectivity index (χ4n) is 4.08. The van der Waals surface area contributed by atoms with Gasteiger partial charge in [-0.05, 0) is 30.7 Å². The van der Waals surface area contributed by atoms with E-state index in [1.807, 2.05) is 31.2 Å². The third kappa shape index (κ3) is 4.58. The van der Waals surface area contributed by atoms with E-state index in [1.54, 1.807) is 19.2 Å². The van der Waals surface area contributed by atoms with Crippen LogP contribution in [0.3, 0.4) is 0 Å². The quantitative estimate of drug-likeness (QED) is 0.533. The molecule has 1 saturated heterocycles. The maximum absolute atomic E-state index is 14.0. The molecule has 2 unspecified atom stereocenters. The summed E-state index contributed by atoms with van der Waals surface area (Å²) < 4.78 is 19.4. The number of aliphatic hydroxyl groups is 1. The molecule has 0 spiro atoms. The summed E-state index contributed by atoms with van der Waals surface area (Å²) >= 11 is 0. The van der Waals surface area contributed by atoms with E-state index in [4.69, 9.17) is 4.74 Å². The molecule has 1 aliphatic heterocycles. The van der Waals surface area contributed by atoms with E-state index in [9.17, 15) is 19.1 Å².